The monoisotopic (exact) mass is 274 g/mol. The van der Waals surface area contributed by atoms with Gasteiger partial charge in [-0.25, -0.2) is 0 Å². The van der Waals surface area contributed by atoms with Crippen LogP contribution >= 0.6 is 0 Å². The molecule has 0 bridgehead atoms. The summed E-state index contributed by atoms with van der Waals surface area (Å²) < 4.78 is 6.62. The minimum Gasteiger partial charge on any atom is -0.417 e. The Kier molecular flexibility index (Phi) is 5.71. The summed E-state index contributed by atoms with van der Waals surface area (Å²) in [5.41, 5.74) is 0.466. The Hall–Kier alpha value is 0.394. The highest BCUT2D eigenvalue weighted by molar-refractivity contribution is 6.80. The smallest absolute Gasteiger partial charge is 0.192 e. The Balaban J connectivity index is 5.01. The highest BCUT2D eigenvalue weighted by atomic mass is 28.4. The van der Waals surface area contributed by atoms with Gasteiger partial charge in [-0.3, -0.25) is 0 Å². The quantitative estimate of drug-likeness (QED) is 0.597. The van der Waals surface area contributed by atoms with Crippen molar-refractivity contribution in [2.24, 2.45) is 5.92 Å². The maximum atomic E-state index is 6.62. The van der Waals surface area contributed by atoms with Crippen LogP contribution in [0.25, 0.3) is 0 Å². The van der Waals surface area contributed by atoms with Gasteiger partial charge >= 0.3 is 0 Å². The summed E-state index contributed by atoms with van der Waals surface area (Å²) in [6, 6.07) is 0. The molecule has 0 aromatic carbocycles. The van der Waals surface area contributed by atoms with E-state index in [9.17, 15) is 0 Å². The van der Waals surface area contributed by atoms with Gasteiger partial charge in [0.1, 0.15) is 0 Å². The molecule has 104 valence electrons. The molecule has 0 heterocycles. The average Bonchev–Trinajstić information content (AvgIpc) is 2.13. The molecule has 0 aliphatic carbocycles. The molecular formula is C14H34OSi2. The van der Waals surface area contributed by atoms with Crippen LogP contribution in [-0.4, -0.2) is 22.1 Å². The minimum absolute atomic E-state index is 0.376. The molecule has 0 spiro atoms. The van der Waals surface area contributed by atoms with Gasteiger partial charge in [0, 0.05) is 5.73 Å². The Morgan fingerprint density at radius 2 is 1.41 bits per heavy atom. The first-order valence-electron chi connectivity index (χ1n) is 7.06. The Labute approximate surface area is 111 Å². The Bertz CT molecular complexity index is 243. The van der Waals surface area contributed by atoms with Gasteiger partial charge in [-0.2, -0.15) is 0 Å². The van der Waals surface area contributed by atoms with Crippen LogP contribution in [0.5, 0.6) is 0 Å². The molecule has 0 saturated carbocycles. The molecule has 0 rings (SSSR count). The van der Waals surface area contributed by atoms with E-state index in [4.69, 9.17) is 4.43 Å². The number of hydrogen-bond acceptors (Lipinski definition) is 1. The molecule has 17 heavy (non-hydrogen) atoms. The molecule has 0 aliphatic heterocycles. The van der Waals surface area contributed by atoms with E-state index in [1.54, 1.807) is 0 Å². The summed E-state index contributed by atoms with van der Waals surface area (Å²) in [7, 11) is -2.84. The third-order valence-corrected chi connectivity index (χ3v) is 12.5. The second-order valence-corrected chi connectivity index (χ2v) is 17.5. The van der Waals surface area contributed by atoms with Crippen LogP contribution in [0.15, 0.2) is 0 Å². The Morgan fingerprint density at radius 1 is 1.00 bits per heavy atom. The van der Waals surface area contributed by atoms with Crippen molar-refractivity contribution in [3.05, 3.63) is 0 Å². The molecular weight excluding hydrogens is 240 g/mol. The molecule has 0 aromatic heterocycles. The van der Waals surface area contributed by atoms with E-state index in [-0.39, 0.29) is 0 Å². The van der Waals surface area contributed by atoms with Crippen molar-refractivity contribution in [1.29, 1.82) is 0 Å². The molecule has 0 aliphatic rings. The average molecular weight is 275 g/mol. The summed E-state index contributed by atoms with van der Waals surface area (Å²) >= 11 is 0. The van der Waals surface area contributed by atoms with E-state index in [0.717, 1.165) is 0 Å². The van der Waals surface area contributed by atoms with Crippen molar-refractivity contribution in [2.45, 2.75) is 84.5 Å². The summed E-state index contributed by atoms with van der Waals surface area (Å²) in [6.45, 7) is 23.8. The van der Waals surface area contributed by atoms with E-state index in [0.29, 0.717) is 16.7 Å². The van der Waals surface area contributed by atoms with Crippen molar-refractivity contribution in [2.75, 3.05) is 0 Å². The van der Waals surface area contributed by atoms with Crippen molar-refractivity contribution >= 4 is 16.4 Å². The summed E-state index contributed by atoms with van der Waals surface area (Å²) in [5, 5.41) is 0.376. The van der Waals surface area contributed by atoms with Crippen molar-refractivity contribution in [3.8, 4) is 0 Å². The molecule has 0 saturated heterocycles. The fourth-order valence-corrected chi connectivity index (χ4v) is 7.98. The molecule has 1 nitrogen and oxygen atoms in total. The van der Waals surface area contributed by atoms with Gasteiger partial charge in [-0.05, 0) is 31.0 Å². The second-order valence-electron chi connectivity index (χ2n) is 7.56. The van der Waals surface area contributed by atoms with Crippen molar-refractivity contribution in [3.63, 3.8) is 0 Å². The zero-order valence-electron chi connectivity index (χ0n) is 13.8. The normalized spacial score (nSPS) is 19.2. The first kappa shape index (κ1) is 17.4. The van der Waals surface area contributed by atoms with Gasteiger partial charge in [0.25, 0.3) is 0 Å². The van der Waals surface area contributed by atoms with Gasteiger partial charge in [-0.1, -0.05) is 53.8 Å². The highest BCUT2D eigenvalue weighted by Gasteiger charge is 2.47. The van der Waals surface area contributed by atoms with E-state index in [1.807, 2.05) is 0 Å². The fourth-order valence-electron chi connectivity index (χ4n) is 2.28. The minimum atomic E-state index is -1.66. The van der Waals surface area contributed by atoms with Crippen molar-refractivity contribution in [1.82, 2.24) is 0 Å². The third kappa shape index (κ3) is 3.93. The molecule has 2 atom stereocenters. The molecule has 0 amide bonds. The predicted molar refractivity (Wildman–Crippen MR) is 84.9 cm³/mol. The van der Waals surface area contributed by atoms with Crippen LogP contribution < -0.4 is 0 Å². The van der Waals surface area contributed by atoms with Gasteiger partial charge in [0.2, 0.25) is 0 Å². The zero-order valence-corrected chi connectivity index (χ0v) is 15.8. The molecule has 0 N–H and O–H groups in total. The summed E-state index contributed by atoms with van der Waals surface area (Å²) in [5.74, 6) is 0.697. The lowest BCUT2D eigenvalue weighted by Crippen LogP contribution is -2.53. The molecule has 3 heteroatoms. The van der Waals surface area contributed by atoms with E-state index >= 15 is 0 Å². The summed E-state index contributed by atoms with van der Waals surface area (Å²) in [4.78, 5) is 0. The van der Waals surface area contributed by atoms with Gasteiger partial charge in [0.05, 0.1) is 8.07 Å². The largest absolute Gasteiger partial charge is 0.417 e. The first-order valence-corrected chi connectivity index (χ1v) is 13.5. The lowest BCUT2D eigenvalue weighted by atomic mass is 9.94. The van der Waals surface area contributed by atoms with Crippen LogP contribution in [0.3, 0.4) is 0 Å². The number of rotatable bonds is 6. The van der Waals surface area contributed by atoms with E-state index in [1.165, 1.54) is 6.42 Å². The topological polar surface area (TPSA) is 9.23 Å². The van der Waals surface area contributed by atoms with Gasteiger partial charge < -0.3 is 4.43 Å². The lowest BCUT2D eigenvalue weighted by Gasteiger charge is -2.47. The molecule has 1 unspecified atom stereocenters. The molecule has 0 radical (unpaired) electrons. The standard InChI is InChI=1S/C14H34OSi2/c1-11-14(5,12(2)3)17(9,10)15-13(4)16(6,7)8/h12-13H,11H2,1-10H3/t13?,14-/m1/s1. The second kappa shape index (κ2) is 5.58. The van der Waals surface area contributed by atoms with Gasteiger partial charge in [0.15, 0.2) is 8.32 Å². The molecule has 0 fully saturated rings. The summed E-state index contributed by atoms with van der Waals surface area (Å²) in [6.07, 6.45) is 1.22. The van der Waals surface area contributed by atoms with E-state index in [2.05, 4.69) is 67.4 Å². The van der Waals surface area contributed by atoms with Crippen molar-refractivity contribution < 1.29 is 4.43 Å². The maximum absolute atomic E-state index is 6.62. The predicted octanol–water partition coefficient (Wildman–Crippen LogP) is 5.30. The van der Waals surface area contributed by atoms with E-state index < -0.39 is 16.4 Å². The Morgan fingerprint density at radius 3 is 1.65 bits per heavy atom. The fraction of sp³-hybridized carbons (Fsp3) is 1.00. The highest BCUT2D eigenvalue weighted by Crippen LogP contribution is 2.48. The zero-order chi connectivity index (χ0) is 14.1. The van der Waals surface area contributed by atoms with Gasteiger partial charge in [-0.15, -0.1) is 0 Å². The maximum Gasteiger partial charge on any atom is 0.192 e. The van der Waals surface area contributed by atoms with Crippen LogP contribution in [0.4, 0.5) is 0 Å². The lowest BCUT2D eigenvalue weighted by molar-refractivity contribution is 0.235. The van der Waals surface area contributed by atoms with Crippen LogP contribution in [0, 0.1) is 5.92 Å². The van der Waals surface area contributed by atoms with Crippen LogP contribution in [0.2, 0.25) is 37.8 Å². The third-order valence-electron chi connectivity index (χ3n) is 5.08. The number of hydrogen-bond donors (Lipinski definition) is 0. The first-order chi connectivity index (χ1) is 7.38. The van der Waals surface area contributed by atoms with Crippen LogP contribution in [-0.2, 0) is 4.43 Å². The SMILES string of the molecule is CC[C@](C)(C(C)C)[Si](C)(C)OC(C)[Si](C)(C)C. The van der Waals surface area contributed by atoms with Crippen LogP contribution in [0.1, 0.15) is 41.0 Å². The molecule has 0 aromatic rings.